The third-order valence-corrected chi connectivity index (χ3v) is 4.00. The number of rotatable bonds is 3. The van der Waals surface area contributed by atoms with Crippen LogP contribution in [0, 0.1) is 0 Å². The predicted octanol–water partition coefficient (Wildman–Crippen LogP) is 1.96. The summed E-state index contributed by atoms with van der Waals surface area (Å²) in [6.45, 7) is 1.36. The van der Waals surface area contributed by atoms with E-state index < -0.39 is 0 Å². The molecule has 4 heteroatoms. The van der Waals surface area contributed by atoms with E-state index in [4.69, 9.17) is 15.5 Å². The second kappa shape index (κ2) is 5.22. The van der Waals surface area contributed by atoms with Gasteiger partial charge in [-0.2, -0.15) is 4.98 Å². The van der Waals surface area contributed by atoms with Crippen LogP contribution in [0.1, 0.15) is 55.1 Å². The van der Waals surface area contributed by atoms with Gasteiger partial charge in [0.1, 0.15) is 5.82 Å². The summed E-state index contributed by atoms with van der Waals surface area (Å²) in [6.07, 6.45) is 8.29. The van der Waals surface area contributed by atoms with E-state index in [0.717, 1.165) is 31.2 Å². The Morgan fingerprint density at radius 2 is 2.00 bits per heavy atom. The van der Waals surface area contributed by atoms with Crippen molar-refractivity contribution in [1.29, 1.82) is 0 Å². The van der Waals surface area contributed by atoms with E-state index in [1.54, 1.807) is 0 Å². The minimum Gasteiger partial charge on any atom is -0.477 e. The highest BCUT2D eigenvalue weighted by atomic mass is 16.5. The predicted molar refractivity (Wildman–Crippen MR) is 69.8 cm³/mol. The van der Waals surface area contributed by atoms with Crippen molar-refractivity contribution in [2.45, 2.75) is 50.9 Å². The molecule has 0 saturated heterocycles. The third-order valence-electron chi connectivity index (χ3n) is 4.00. The monoisotopic (exact) mass is 247 g/mol. The summed E-state index contributed by atoms with van der Waals surface area (Å²) >= 11 is 0. The number of aromatic nitrogens is 2. The second-order valence-corrected chi connectivity index (χ2v) is 5.28. The van der Waals surface area contributed by atoms with Crippen LogP contribution in [0.4, 0.5) is 0 Å². The van der Waals surface area contributed by atoms with E-state index in [1.807, 2.05) is 0 Å². The number of hydrogen-bond acceptors (Lipinski definition) is 4. The molecule has 1 aliphatic carbocycles. The molecule has 0 atom stereocenters. The first kappa shape index (κ1) is 11.9. The normalized spacial score (nSPS) is 19.6. The summed E-state index contributed by atoms with van der Waals surface area (Å²) in [5, 5.41) is 0. The topological polar surface area (TPSA) is 61.0 Å². The fraction of sp³-hybridized carbons (Fsp3) is 0.714. The Morgan fingerprint density at radius 1 is 1.17 bits per heavy atom. The minimum atomic E-state index is 0.600. The highest BCUT2D eigenvalue weighted by Gasteiger charge is 2.26. The maximum atomic E-state index is 5.62. The van der Waals surface area contributed by atoms with Crippen LogP contribution >= 0.6 is 0 Å². The van der Waals surface area contributed by atoms with Gasteiger partial charge in [-0.05, 0) is 19.4 Å². The average molecular weight is 247 g/mol. The van der Waals surface area contributed by atoms with Crippen molar-refractivity contribution in [3.8, 4) is 5.88 Å². The molecule has 0 spiro atoms. The Hall–Kier alpha value is -1.16. The van der Waals surface area contributed by atoms with Gasteiger partial charge in [0, 0.05) is 24.3 Å². The Morgan fingerprint density at radius 3 is 2.78 bits per heavy atom. The Kier molecular flexibility index (Phi) is 3.46. The summed E-state index contributed by atoms with van der Waals surface area (Å²) < 4.78 is 5.62. The molecule has 0 bridgehead atoms. The van der Waals surface area contributed by atoms with Gasteiger partial charge in [-0.25, -0.2) is 4.98 Å². The van der Waals surface area contributed by atoms with Gasteiger partial charge >= 0.3 is 0 Å². The second-order valence-electron chi connectivity index (χ2n) is 5.28. The zero-order valence-corrected chi connectivity index (χ0v) is 10.8. The molecule has 18 heavy (non-hydrogen) atoms. The lowest BCUT2D eigenvalue weighted by atomic mass is 9.85. The van der Waals surface area contributed by atoms with Gasteiger partial charge in [0.05, 0.1) is 12.3 Å². The van der Waals surface area contributed by atoms with Crippen molar-refractivity contribution >= 4 is 0 Å². The lowest BCUT2D eigenvalue weighted by Crippen LogP contribution is -2.13. The quantitative estimate of drug-likeness (QED) is 0.887. The van der Waals surface area contributed by atoms with E-state index in [-0.39, 0.29) is 0 Å². The molecule has 4 nitrogen and oxygen atoms in total. The van der Waals surface area contributed by atoms with Gasteiger partial charge in [0.15, 0.2) is 0 Å². The number of ether oxygens (including phenoxy) is 1. The molecular formula is C14H21N3O. The van der Waals surface area contributed by atoms with Gasteiger partial charge in [-0.3, -0.25) is 0 Å². The standard InChI is InChI=1S/C14H21N3O/c15-8-6-12-16-13(10-4-2-1-3-5-10)11-7-9-18-14(11)17-12/h10H,1-9,15H2. The fourth-order valence-corrected chi connectivity index (χ4v) is 3.08. The maximum absolute atomic E-state index is 5.62. The number of fused-ring (bicyclic) bond motifs is 1. The van der Waals surface area contributed by atoms with Crippen LogP contribution in [0.5, 0.6) is 5.88 Å². The highest BCUT2D eigenvalue weighted by Crippen LogP contribution is 2.37. The van der Waals surface area contributed by atoms with Crippen LogP contribution in [0.3, 0.4) is 0 Å². The van der Waals surface area contributed by atoms with Crippen molar-refractivity contribution in [3.63, 3.8) is 0 Å². The molecule has 0 amide bonds. The molecule has 98 valence electrons. The minimum absolute atomic E-state index is 0.600. The number of hydrogen-bond donors (Lipinski definition) is 1. The molecule has 1 aromatic heterocycles. The first-order valence-electron chi connectivity index (χ1n) is 7.11. The van der Waals surface area contributed by atoms with Crippen molar-refractivity contribution in [2.75, 3.05) is 13.2 Å². The van der Waals surface area contributed by atoms with Crippen LogP contribution in [-0.2, 0) is 12.8 Å². The van der Waals surface area contributed by atoms with Crippen LogP contribution in [0.15, 0.2) is 0 Å². The zero-order valence-electron chi connectivity index (χ0n) is 10.8. The molecule has 3 rings (SSSR count). The van der Waals surface area contributed by atoms with Gasteiger partial charge in [-0.15, -0.1) is 0 Å². The van der Waals surface area contributed by atoms with Crippen LogP contribution in [0.2, 0.25) is 0 Å². The molecule has 2 heterocycles. The van der Waals surface area contributed by atoms with Crippen molar-refractivity contribution < 1.29 is 4.74 Å². The Labute approximate surface area is 108 Å². The molecule has 0 unspecified atom stereocenters. The van der Waals surface area contributed by atoms with Crippen molar-refractivity contribution in [1.82, 2.24) is 9.97 Å². The summed E-state index contributed by atoms with van der Waals surface area (Å²) in [5.41, 5.74) is 8.14. The van der Waals surface area contributed by atoms with E-state index >= 15 is 0 Å². The van der Waals surface area contributed by atoms with Crippen molar-refractivity contribution in [2.24, 2.45) is 5.73 Å². The molecule has 1 aliphatic heterocycles. The SMILES string of the molecule is NCCc1nc2c(c(C3CCCCC3)n1)CCO2. The lowest BCUT2D eigenvalue weighted by molar-refractivity contribution is 0.343. The molecular weight excluding hydrogens is 226 g/mol. The molecule has 2 aliphatic rings. The zero-order chi connectivity index (χ0) is 12.4. The van der Waals surface area contributed by atoms with E-state index in [0.29, 0.717) is 12.5 Å². The van der Waals surface area contributed by atoms with E-state index in [2.05, 4.69) is 4.98 Å². The Balaban J connectivity index is 1.95. The molecule has 0 radical (unpaired) electrons. The number of nitrogens with zero attached hydrogens (tertiary/aromatic N) is 2. The van der Waals surface area contributed by atoms with Crippen LogP contribution < -0.4 is 10.5 Å². The maximum Gasteiger partial charge on any atom is 0.220 e. The average Bonchev–Trinajstić information content (AvgIpc) is 2.87. The lowest BCUT2D eigenvalue weighted by Gasteiger charge is -2.23. The summed E-state index contributed by atoms with van der Waals surface area (Å²) in [6, 6.07) is 0. The van der Waals surface area contributed by atoms with Gasteiger partial charge in [0.2, 0.25) is 5.88 Å². The molecule has 1 saturated carbocycles. The smallest absolute Gasteiger partial charge is 0.220 e. The summed E-state index contributed by atoms with van der Waals surface area (Å²) in [4.78, 5) is 9.27. The fourth-order valence-electron chi connectivity index (χ4n) is 3.08. The van der Waals surface area contributed by atoms with Gasteiger partial charge in [0.25, 0.3) is 0 Å². The first-order chi connectivity index (χ1) is 8.88. The van der Waals surface area contributed by atoms with Crippen molar-refractivity contribution in [3.05, 3.63) is 17.1 Å². The molecule has 0 aromatic carbocycles. The highest BCUT2D eigenvalue weighted by molar-refractivity contribution is 5.36. The van der Waals surface area contributed by atoms with E-state index in [9.17, 15) is 0 Å². The molecule has 2 N–H and O–H groups in total. The summed E-state index contributed by atoms with van der Waals surface area (Å²) in [7, 11) is 0. The largest absolute Gasteiger partial charge is 0.477 e. The van der Waals surface area contributed by atoms with E-state index in [1.165, 1.54) is 43.4 Å². The van der Waals surface area contributed by atoms with Gasteiger partial charge < -0.3 is 10.5 Å². The molecule has 1 fully saturated rings. The Bertz CT molecular complexity index is 427. The van der Waals surface area contributed by atoms with Crippen LogP contribution in [-0.4, -0.2) is 23.1 Å². The third kappa shape index (κ3) is 2.21. The van der Waals surface area contributed by atoms with Crippen LogP contribution in [0.25, 0.3) is 0 Å². The number of nitrogens with two attached hydrogens (primary N) is 1. The molecule has 1 aromatic rings. The van der Waals surface area contributed by atoms with Gasteiger partial charge in [-0.1, -0.05) is 19.3 Å². The summed E-state index contributed by atoms with van der Waals surface area (Å²) in [5.74, 6) is 2.31. The first-order valence-corrected chi connectivity index (χ1v) is 7.11.